The molecule has 1 aromatic carbocycles. The van der Waals surface area contributed by atoms with E-state index in [1.165, 1.54) is 16.7 Å². The van der Waals surface area contributed by atoms with Crippen LogP contribution in [0.2, 0.25) is 0 Å². The molecule has 0 bridgehead atoms. The topological polar surface area (TPSA) is 38.1 Å². The molecule has 0 spiro atoms. The van der Waals surface area contributed by atoms with Gasteiger partial charge in [-0.2, -0.15) is 5.10 Å². The summed E-state index contributed by atoms with van der Waals surface area (Å²) in [5.41, 5.74) is 4.03. The summed E-state index contributed by atoms with van der Waals surface area (Å²) in [4.78, 5) is 14.4. The summed E-state index contributed by atoms with van der Waals surface area (Å²) in [6.07, 6.45) is 8.75. The molecule has 0 saturated carbocycles. The van der Waals surface area contributed by atoms with Gasteiger partial charge in [-0.15, -0.1) is 0 Å². The lowest BCUT2D eigenvalue weighted by molar-refractivity contribution is -0.130. The van der Waals surface area contributed by atoms with Gasteiger partial charge in [-0.3, -0.25) is 9.48 Å². The first kappa shape index (κ1) is 15.8. The molecule has 0 unspecified atom stereocenters. The second-order valence-corrected chi connectivity index (χ2v) is 6.58. The number of aromatic nitrogens is 2. The van der Waals surface area contributed by atoms with Gasteiger partial charge < -0.3 is 4.90 Å². The summed E-state index contributed by atoms with van der Waals surface area (Å²) < 4.78 is 1.82. The second kappa shape index (κ2) is 6.99. The van der Waals surface area contributed by atoms with Crippen LogP contribution in [0.1, 0.15) is 41.9 Å². The van der Waals surface area contributed by atoms with Gasteiger partial charge in [0.1, 0.15) is 0 Å². The van der Waals surface area contributed by atoms with Crippen molar-refractivity contribution in [3.05, 3.63) is 53.3 Å². The maximum atomic E-state index is 12.5. The smallest absolute Gasteiger partial charge is 0.222 e. The van der Waals surface area contributed by atoms with Crippen LogP contribution in [0.25, 0.3) is 0 Å². The van der Waals surface area contributed by atoms with Crippen LogP contribution < -0.4 is 0 Å². The minimum atomic E-state index is 0.262. The fourth-order valence-electron chi connectivity index (χ4n) is 3.47. The zero-order chi connectivity index (χ0) is 16.2. The monoisotopic (exact) mass is 311 g/mol. The van der Waals surface area contributed by atoms with Gasteiger partial charge in [0.05, 0.1) is 6.20 Å². The number of aryl methyl sites for hydroxylation is 3. The van der Waals surface area contributed by atoms with Crippen LogP contribution >= 0.6 is 0 Å². The summed E-state index contributed by atoms with van der Waals surface area (Å²) in [5.74, 6) is 0.664. The molecule has 3 rings (SSSR count). The van der Waals surface area contributed by atoms with E-state index < -0.39 is 0 Å². The van der Waals surface area contributed by atoms with Crippen molar-refractivity contribution < 1.29 is 4.79 Å². The first-order valence-electron chi connectivity index (χ1n) is 8.43. The number of hydrogen-bond donors (Lipinski definition) is 0. The molecule has 0 radical (unpaired) electrons. The van der Waals surface area contributed by atoms with Gasteiger partial charge in [0.25, 0.3) is 0 Å². The molecule has 1 amide bonds. The maximum Gasteiger partial charge on any atom is 0.222 e. The molecule has 1 aliphatic carbocycles. The Morgan fingerprint density at radius 2 is 2.22 bits per heavy atom. The minimum Gasteiger partial charge on any atom is -0.346 e. The fourth-order valence-corrected chi connectivity index (χ4v) is 3.47. The van der Waals surface area contributed by atoms with Gasteiger partial charge >= 0.3 is 0 Å². The van der Waals surface area contributed by atoms with Gasteiger partial charge in [-0.1, -0.05) is 24.3 Å². The molecule has 23 heavy (non-hydrogen) atoms. The van der Waals surface area contributed by atoms with Crippen molar-refractivity contribution >= 4 is 5.91 Å². The molecule has 0 saturated heterocycles. The molecule has 2 aromatic rings. The molecular weight excluding hydrogens is 286 g/mol. The molecule has 0 aliphatic heterocycles. The van der Waals surface area contributed by atoms with E-state index in [0.717, 1.165) is 32.2 Å². The highest BCUT2D eigenvalue weighted by atomic mass is 16.2. The van der Waals surface area contributed by atoms with Crippen LogP contribution in [0.4, 0.5) is 0 Å². The lowest BCUT2D eigenvalue weighted by atomic mass is 9.97. The Morgan fingerprint density at radius 3 is 3.00 bits per heavy atom. The molecule has 0 fully saturated rings. The zero-order valence-electron chi connectivity index (χ0n) is 14.0. The number of rotatable bonds is 6. The predicted octanol–water partition coefficient (Wildman–Crippen LogP) is 2.93. The van der Waals surface area contributed by atoms with Gasteiger partial charge in [0, 0.05) is 33.3 Å². The Bertz CT molecular complexity index is 677. The summed E-state index contributed by atoms with van der Waals surface area (Å²) in [6.45, 7) is 0.808. The predicted molar refractivity (Wildman–Crippen MR) is 91.3 cm³/mol. The third kappa shape index (κ3) is 3.81. The van der Waals surface area contributed by atoms with Crippen molar-refractivity contribution in [2.24, 2.45) is 7.05 Å². The summed E-state index contributed by atoms with van der Waals surface area (Å²) in [7, 11) is 3.85. The van der Waals surface area contributed by atoms with E-state index in [-0.39, 0.29) is 5.91 Å². The third-order valence-electron chi connectivity index (χ3n) is 4.82. The van der Waals surface area contributed by atoms with Crippen molar-refractivity contribution in [2.45, 2.75) is 38.0 Å². The standard InChI is InChI=1S/C19H25N3O/c1-21(11-5-6-15-13-20-22(2)14-15)19(23)12-17-10-9-16-7-3-4-8-18(16)17/h3-4,7-8,13-14,17H,5-6,9-12H2,1-2H3/t17-/m0/s1. The number of nitrogens with zero attached hydrogens (tertiary/aromatic N) is 3. The number of fused-ring (bicyclic) bond motifs is 1. The van der Waals surface area contributed by atoms with E-state index in [2.05, 4.69) is 29.4 Å². The molecule has 1 aromatic heterocycles. The van der Waals surface area contributed by atoms with E-state index in [1.54, 1.807) is 0 Å². The second-order valence-electron chi connectivity index (χ2n) is 6.58. The molecular formula is C19H25N3O. The Labute approximate surface area is 138 Å². The average molecular weight is 311 g/mol. The Morgan fingerprint density at radius 1 is 1.39 bits per heavy atom. The Kier molecular flexibility index (Phi) is 4.79. The lowest BCUT2D eigenvalue weighted by Crippen LogP contribution is -2.29. The highest BCUT2D eigenvalue weighted by Gasteiger charge is 2.25. The van der Waals surface area contributed by atoms with E-state index >= 15 is 0 Å². The van der Waals surface area contributed by atoms with Crippen LogP contribution in [0.5, 0.6) is 0 Å². The largest absolute Gasteiger partial charge is 0.346 e. The summed E-state index contributed by atoms with van der Waals surface area (Å²) in [6, 6.07) is 8.55. The number of benzene rings is 1. The molecule has 1 heterocycles. The van der Waals surface area contributed by atoms with Crippen molar-refractivity contribution in [2.75, 3.05) is 13.6 Å². The molecule has 4 heteroatoms. The number of hydrogen-bond acceptors (Lipinski definition) is 2. The SMILES string of the molecule is CN(CCCc1cnn(C)c1)C(=O)C[C@@H]1CCc2ccccc21. The molecule has 1 atom stereocenters. The van der Waals surface area contributed by atoms with E-state index in [9.17, 15) is 4.79 Å². The van der Waals surface area contributed by atoms with Crippen molar-refractivity contribution in [3.8, 4) is 0 Å². The third-order valence-corrected chi connectivity index (χ3v) is 4.82. The van der Waals surface area contributed by atoms with Gasteiger partial charge in [-0.25, -0.2) is 0 Å². The number of carbonyl (C=O) groups excluding carboxylic acids is 1. The minimum absolute atomic E-state index is 0.262. The number of carbonyl (C=O) groups is 1. The van der Waals surface area contributed by atoms with Crippen LogP contribution in [-0.2, 0) is 24.7 Å². The van der Waals surface area contributed by atoms with E-state index in [0.29, 0.717) is 12.3 Å². The lowest BCUT2D eigenvalue weighted by Gasteiger charge is -2.19. The average Bonchev–Trinajstić information content (AvgIpc) is 3.14. The maximum absolute atomic E-state index is 12.5. The van der Waals surface area contributed by atoms with Gasteiger partial charge in [0.15, 0.2) is 0 Å². The fraction of sp³-hybridized carbons (Fsp3) is 0.474. The van der Waals surface area contributed by atoms with Crippen LogP contribution in [0.15, 0.2) is 36.7 Å². The zero-order valence-corrected chi connectivity index (χ0v) is 14.0. The van der Waals surface area contributed by atoms with Crippen molar-refractivity contribution in [3.63, 3.8) is 0 Å². The summed E-state index contributed by atoms with van der Waals surface area (Å²) in [5, 5.41) is 4.18. The highest BCUT2D eigenvalue weighted by Crippen LogP contribution is 2.35. The first-order chi connectivity index (χ1) is 11.1. The quantitative estimate of drug-likeness (QED) is 0.822. The van der Waals surface area contributed by atoms with Gasteiger partial charge in [0.2, 0.25) is 5.91 Å². The molecule has 4 nitrogen and oxygen atoms in total. The van der Waals surface area contributed by atoms with Crippen molar-refractivity contribution in [1.29, 1.82) is 0 Å². The molecule has 0 N–H and O–H groups in total. The summed E-state index contributed by atoms with van der Waals surface area (Å²) >= 11 is 0. The normalized spacial score (nSPS) is 16.3. The van der Waals surface area contributed by atoms with Gasteiger partial charge in [-0.05, 0) is 48.3 Å². The van der Waals surface area contributed by atoms with Crippen LogP contribution in [-0.4, -0.2) is 34.2 Å². The highest BCUT2D eigenvalue weighted by molar-refractivity contribution is 5.77. The van der Waals surface area contributed by atoms with E-state index in [4.69, 9.17) is 0 Å². The van der Waals surface area contributed by atoms with Crippen molar-refractivity contribution in [1.82, 2.24) is 14.7 Å². The van der Waals surface area contributed by atoms with Crippen LogP contribution in [0.3, 0.4) is 0 Å². The first-order valence-corrected chi connectivity index (χ1v) is 8.43. The Balaban J connectivity index is 1.47. The number of amides is 1. The molecule has 1 aliphatic rings. The van der Waals surface area contributed by atoms with Crippen LogP contribution in [0, 0.1) is 0 Å². The molecule has 122 valence electrons. The van der Waals surface area contributed by atoms with E-state index in [1.807, 2.05) is 36.1 Å². The Hall–Kier alpha value is -2.10.